The maximum atomic E-state index is 13.2. The third-order valence-electron chi connectivity index (χ3n) is 6.43. The van der Waals surface area contributed by atoms with Crippen molar-refractivity contribution < 1.29 is 14.3 Å². The van der Waals surface area contributed by atoms with Crippen molar-refractivity contribution in [3.8, 4) is 5.75 Å². The third-order valence-corrected chi connectivity index (χ3v) is 6.43. The molecule has 0 bridgehead atoms. The Morgan fingerprint density at radius 2 is 1.77 bits per heavy atom. The second kappa shape index (κ2) is 9.96. The van der Waals surface area contributed by atoms with E-state index in [0.717, 1.165) is 36.3 Å². The summed E-state index contributed by atoms with van der Waals surface area (Å²) in [6.07, 6.45) is 4.81. The van der Waals surface area contributed by atoms with Crippen molar-refractivity contribution >= 4 is 11.8 Å². The minimum atomic E-state index is -0.399. The van der Waals surface area contributed by atoms with Gasteiger partial charge in [0, 0.05) is 19.1 Å². The average molecular weight is 422 g/mol. The molecular weight excluding hydrogens is 390 g/mol. The van der Waals surface area contributed by atoms with Crippen molar-refractivity contribution in [2.45, 2.75) is 50.2 Å². The van der Waals surface area contributed by atoms with E-state index in [1.807, 2.05) is 54.6 Å². The van der Waals surface area contributed by atoms with E-state index in [0.29, 0.717) is 12.6 Å². The number of nitrogens with one attached hydrogen (secondary N) is 2. The van der Waals surface area contributed by atoms with E-state index in [2.05, 4.69) is 15.5 Å². The fourth-order valence-electron chi connectivity index (χ4n) is 4.81. The molecule has 0 spiro atoms. The maximum Gasteiger partial charge on any atom is 0.237 e. The van der Waals surface area contributed by atoms with Crippen LogP contribution in [0.3, 0.4) is 0 Å². The molecule has 164 valence electrons. The highest BCUT2D eigenvalue weighted by Gasteiger charge is 2.37. The number of carbonyl (C=O) groups excluding carboxylic acids is 2. The summed E-state index contributed by atoms with van der Waals surface area (Å²) in [7, 11) is 1.64. The second-order valence-corrected chi connectivity index (χ2v) is 8.37. The van der Waals surface area contributed by atoms with Gasteiger partial charge in [-0.15, -0.1) is 0 Å². The van der Waals surface area contributed by atoms with Gasteiger partial charge in [-0.2, -0.15) is 0 Å². The van der Waals surface area contributed by atoms with Crippen LogP contribution in [0.1, 0.15) is 49.3 Å². The van der Waals surface area contributed by atoms with E-state index in [1.165, 1.54) is 12.8 Å². The first kappa shape index (κ1) is 21.4. The topological polar surface area (TPSA) is 70.7 Å². The lowest BCUT2D eigenvalue weighted by Crippen LogP contribution is -2.59. The van der Waals surface area contributed by atoms with Crippen molar-refractivity contribution in [3.05, 3.63) is 65.7 Å². The van der Waals surface area contributed by atoms with Gasteiger partial charge in [-0.05, 0) is 36.1 Å². The zero-order valence-corrected chi connectivity index (χ0v) is 18.0. The molecule has 2 fully saturated rings. The fourth-order valence-corrected chi connectivity index (χ4v) is 4.81. The molecule has 1 saturated carbocycles. The summed E-state index contributed by atoms with van der Waals surface area (Å²) in [6.45, 7) is 1.47. The van der Waals surface area contributed by atoms with Crippen molar-refractivity contribution in [1.82, 2.24) is 15.5 Å². The Balaban J connectivity index is 1.51. The van der Waals surface area contributed by atoms with E-state index >= 15 is 0 Å². The molecule has 0 radical (unpaired) electrons. The van der Waals surface area contributed by atoms with Crippen LogP contribution >= 0.6 is 0 Å². The summed E-state index contributed by atoms with van der Waals surface area (Å²) in [6, 6.07) is 17.4. The maximum absolute atomic E-state index is 13.2. The van der Waals surface area contributed by atoms with Crippen molar-refractivity contribution in [1.29, 1.82) is 0 Å². The quantitative estimate of drug-likeness (QED) is 0.721. The molecule has 0 aromatic heterocycles. The van der Waals surface area contributed by atoms with Gasteiger partial charge in [0.05, 0.1) is 25.6 Å². The predicted octanol–water partition coefficient (Wildman–Crippen LogP) is 3.03. The van der Waals surface area contributed by atoms with Crippen LogP contribution in [-0.4, -0.2) is 49.0 Å². The molecule has 1 aliphatic heterocycles. The van der Waals surface area contributed by atoms with E-state index in [4.69, 9.17) is 4.74 Å². The normalized spacial score (nSPS) is 20.8. The first-order chi connectivity index (χ1) is 15.2. The lowest BCUT2D eigenvalue weighted by molar-refractivity contribution is -0.135. The first-order valence-electron chi connectivity index (χ1n) is 11.2. The van der Waals surface area contributed by atoms with Crippen LogP contribution in [0.4, 0.5) is 0 Å². The van der Waals surface area contributed by atoms with Crippen LogP contribution in [0, 0.1) is 0 Å². The monoisotopic (exact) mass is 421 g/mol. The standard InChI is InChI=1S/C25H31N3O3/c1-31-21-13-11-19(12-14-21)24(18-7-3-2-4-8-18)27-23(29)17-22-25(30)26-15-16-28(22)20-9-5-6-10-20/h2-4,7-8,11-14,20,22,24H,5-6,9-10,15-17H2,1H3,(H,26,30)(H,27,29)/t22-,24+/m0/s1. The van der Waals surface area contributed by atoms with Crippen LogP contribution in [0.5, 0.6) is 5.75 Å². The number of ether oxygens (including phenoxy) is 1. The summed E-state index contributed by atoms with van der Waals surface area (Å²) in [4.78, 5) is 28.1. The highest BCUT2D eigenvalue weighted by molar-refractivity contribution is 5.89. The minimum Gasteiger partial charge on any atom is -0.497 e. The van der Waals surface area contributed by atoms with Gasteiger partial charge in [-0.1, -0.05) is 55.3 Å². The van der Waals surface area contributed by atoms with E-state index < -0.39 is 6.04 Å². The van der Waals surface area contributed by atoms with Crippen molar-refractivity contribution in [2.24, 2.45) is 0 Å². The summed E-state index contributed by atoms with van der Waals surface area (Å²) in [5, 5.41) is 6.13. The molecule has 6 nitrogen and oxygen atoms in total. The molecule has 0 unspecified atom stereocenters. The fraction of sp³-hybridized carbons (Fsp3) is 0.440. The number of methoxy groups -OCH3 is 1. The summed E-state index contributed by atoms with van der Waals surface area (Å²) < 4.78 is 5.27. The molecule has 2 N–H and O–H groups in total. The average Bonchev–Trinajstić information content (AvgIpc) is 3.34. The lowest BCUT2D eigenvalue weighted by Gasteiger charge is -2.39. The van der Waals surface area contributed by atoms with Crippen molar-refractivity contribution in [2.75, 3.05) is 20.2 Å². The Hall–Kier alpha value is -2.86. The zero-order valence-electron chi connectivity index (χ0n) is 18.0. The van der Waals surface area contributed by atoms with Gasteiger partial charge in [-0.25, -0.2) is 0 Å². The zero-order chi connectivity index (χ0) is 21.6. The number of benzene rings is 2. The van der Waals surface area contributed by atoms with Gasteiger partial charge in [-0.3, -0.25) is 14.5 Å². The highest BCUT2D eigenvalue weighted by atomic mass is 16.5. The Kier molecular flexibility index (Phi) is 6.87. The number of piperazine rings is 1. The van der Waals surface area contributed by atoms with E-state index in [1.54, 1.807) is 7.11 Å². The van der Waals surface area contributed by atoms with Gasteiger partial charge in [0.15, 0.2) is 0 Å². The number of hydrogen-bond acceptors (Lipinski definition) is 4. The molecule has 1 heterocycles. The molecule has 2 atom stereocenters. The third kappa shape index (κ3) is 5.07. The first-order valence-corrected chi connectivity index (χ1v) is 11.2. The van der Waals surface area contributed by atoms with Crippen LogP contribution in [0.15, 0.2) is 54.6 Å². The SMILES string of the molecule is COc1ccc([C@H](NC(=O)C[C@H]2C(=O)NCCN2C2CCCC2)c2ccccc2)cc1. The molecule has 2 aromatic carbocycles. The number of amides is 2. The summed E-state index contributed by atoms with van der Waals surface area (Å²) in [5.74, 6) is 0.622. The second-order valence-electron chi connectivity index (χ2n) is 8.37. The molecule has 6 heteroatoms. The van der Waals surface area contributed by atoms with E-state index in [-0.39, 0.29) is 24.3 Å². The largest absolute Gasteiger partial charge is 0.497 e. The van der Waals surface area contributed by atoms with Gasteiger partial charge < -0.3 is 15.4 Å². The predicted molar refractivity (Wildman–Crippen MR) is 120 cm³/mol. The van der Waals surface area contributed by atoms with Gasteiger partial charge in [0.1, 0.15) is 5.75 Å². The van der Waals surface area contributed by atoms with Gasteiger partial charge >= 0.3 is 0 Å². The molecule has 31 heavy (non-hydrogen) atoms. The molecular formula is C25H31N3O3. The molecule has 1 saturated heterocycles. The molecule has 1 aliphatic carbocycles. The van der Waals surface area contributed by atoms with E-state index in [9.17, 15) is 9.59 Å². The van der Waals surface area contributed by atoms with Crippen LogP contribution in [-0.2, 0) is 9.59 Å². The highest BCUT2D eigenvalue weighted by Crippen LogP contribution is 2.28. The number of hydrogen-bond donors (Lipinski definition) is 2. The Morgan fingerprint density at radius 1 is 1.10 bits per heavy atom. The number of rotatable bonds is 7. The summed E-state index contributed by atoms with van der Waals surface area (Å²) >= 11 is 0. The van der Waals surface area contributed by atoms with Crippen LogP contribution < -0.4 is 15.4 Å². The van der Waals surface area contributed by atoms with Crippen LogP contribution in [0.25, 0.3) is 0 Å². The minimum absolute atomic E-state index is 0.0333. The number of carbonyl (C=O) groups is 2. The Morgan fingerprint density at radius 3 is 2.45 bits per heavy atom. The van der Waals surface area contributed by atoms with Crippen LogP contribution in [0.2, 0.25) is 0 Å². The number of nitrogens with zero attached hydrogens (tertiary/aromatic N) is 1. The van der Waals surface area contributed by atoms with Gasteiger partial charge in [0.25, 0.3) is 0 Å². The molecule has 2 aliphatic rings. The smallest absolute Gasteiger partial charge is 0.237 e. The Bertz CT molecular complexity index is 879. The Labute approximate surface area is 184 Å². The molecule has 4 rings (SSSR count). The van der Waals surface area contributed by atoms with Crippen molar-refractivity contribution in [3.63, 3.8) is 0 Å². The molecule has 2 amide bonds. The lowest BCUT2D eigenvalue weighted by atomic mass is 9.97. The molecule has 2 aromatic rings. The van der Waals surface area contributed by atoms with Gasteiger partial charge in [0.2, 0.25) is 11.8 Å². The summed E-state index contributed by atoms with van der Waals surface area (Å²) in [5.41, 5.74) is 1.97.